The molecule has 0 aliphatic carbocycles. The second kappa shape index (κ2) is 5.26. The number of rotatable bonds is 4. The van der Waals surface area contributed by atoms with Crippen LogP contribution < -0.4 is 16.6 Å². The summed E-state index contributed by atoms with van der Waals surface area (Å²) in [5.41, 5.74) is -1.51. The van der Waals surface area contributed by atoms with Crippen LogP contribution in [0.4, 0.5) is 0 Å². The van der Waals surface area contributed by atoms with Gasteiger partial charge in [-0.3, -0.25) is 14.6 Å². The SMILES string of the molecule is CCC(CO)NC(=O)c1cc(=O)[nH]c(=O)[nH]1. The van der Waals surface area contributed by atoms with Gasteiger partial charge in [0.1, 0.15) is 5.69 Å². The predicted molar refractivity (Wildman–Crippen MR) is 56.3 cm³/mol. The van der Waals surface area contributed by atoms with Crippen LogP contribution in [0, 0.1) is 0 Å². The van der Waals surface area contributed by atoms with Gasteiger partial charge in [0.15, 0.2) is 0 Å². The molecular weight excluding hydrogens is 214 g/mol. The Labute approximate surface area is 90.5 Å². The molecule has 0 saturated heterocycles. The fourth-order valence-corrected chi connectivity index (χ4v) is 1.13. The molecule has 16 heavy (non-hydrogen) atoms. The lowest BCUT2D eigenvalue weighted by Crippen LogP contribution is -2.39. The summed E-state index contributed by atoms with van der Waals surface area (Å²) < 4.78 is 0. The number of carbonyl (C=O) groups is 1. The van der Waals surface area contributed by atoms with E-state index in [9.17, 15) is 14.4 Å². The molecule has 0 spiro atoms. The van der Waals surface area contributed by atoms with Crippen LogP contribution in [0.5, 0.6) is 0 Å². The summed E-state index contributed by atoms with van der Waals surface area (Å²) in [5, 5.41) is 11.4. The first kappa shape index (κ1) is 12.2. The highest BCUT2D eigenvalue weighted by Gasteiger charge is 2.12. The highest BCUT2D eigenvalue weighted by Crippen LogP contribution is 1.92. The summed E-state index contributed by atoms with van der Waals surface area (Å²) in [6, 6.07) is 0.594. The summed E-state index contributed by atoms with van der Waals surface area (Å²) >= 11 is 0. The number of hydrogen-bond acceptors (Lipinski definition) is 4. The Kier molecular flexibility index (Phi) is 4.01. The lowest BCUT2D eigenvalue weighted by atomic mass is 10.2. The minimum Gasteiger partial charge on any atom is -0.394 e. The Hall–Kier alpha value is -1.89. The summed E-state index contributed by atoms with van der Waals surface area (Å²) in [6.45, 7) is 1.59. The van der Waals surface area contributed by atoms with Gasteiger partial charge in [0, 0.05) is 6.07 Å². The van der Waals surface area contributed by atoms with Gasteiger partial charge in [-0.2, -0.15) is 0 Å². The molecule has 7 heteroatoms. The average molecular weight is 227 g/mol. The standard InChI is InChI=1S/C9H13N3O4/c1-2-5(4-13)10-8(15)6-3-7(14)12-9(16)11-6/h3,5,13H,2,4H2,1H3,(H,10,15)(H2,11,12,14,16). The molecule has 1 heterocycles. The molecule has 0 fully saturated rings. The van der Waals surface area contributed by atoms with Gasteiger partial charge in [-0.15, -0.1) is 0 Å². The number of H-pyrrole nitrogens is 2. The van der Waals surface area contributed by atoms with Crippen LogP contribution in [0.25, 0.3) is 0 Å². The fourth-order valence-electron chi connectivity index (χ4n) is 1.13. The van der Waals surface area contributed by atoms with Crippen LogP contribution in [0.2, 0.25) is 0 Å². The second-order valence-electron chi connectivity index (χ2n) is 3.26. The van der Waals surface area contributed by atoms with E-state index < -0.39 is 23.2 Å². The summed E-state index contributed by atoms with van der Waals surface area (Å²) in [4.78, 5) is 37.5. The fraction of sp³-hybridized carbons (Fsp3) is 0.444. The number of carbonyl (C=O) groups excluding carboxylic acids is 1. The zero-order chi connectivity index (χ0) is 12.1. The summed E-state index contributed by atoms with van der Waals surface area (Å²) in [7, 11) is 0. The molecule has 4 N–H and O–H groups in total. The van der Waals surface area contributed by atoms with E-state index in [1.54, 1.807) is 6.92 Å². The molecule has 0 aromatic carbocycles. The quantitative estimate of drug-likeness (QED) is 0.504. The largest absolute Gasteiger partial charge is 0.394 e. The molecule has 1 atom stereocenters. The number of aliphatic hydroxyl groups excluding tert-OH is 1. The van der Waals surface area contributed by atoms with Crippen LogP contribution in [0.1, 0.15) is 23.8 Å². The number of aromatic amines is 2. The Morgan fingerprint density at radius 3 is 2.69 bits per heavy atom. The second-order valence-corrected chi connectivity index (χ2v) is 3.26. The Morgan fingerprint density at radius 1 is 1.50 bits per heavy atom. The molecule has 88 valence electrons. The number of aromatic nitrogens is 2. The average Bonchev–Trinajstić information content (AvgIpc) is 2.24. The lowest BCUT2D eigenvalue weighted by Gasteiger charge is -2.13. The van der Waals surface area contributed by atoms with E-state index in [0.29, 0.717) is 6.42 Å². The van der Waals surface area contributed by atoms with Crippen LogP contribution in [-0.4, -0.2) is 33.6 Å². The van der Waals surface area contributed by atoms with Crippen molar-refractivity contribution >= 4 is 5.91 Å². The molecular formula is C9H13N3O4. The highest BCUT2D eigenvalue weighted by atomic mass is 16.3. The molecule has 1 aromatic rings. The van der Waals surface area contributed by atoms with Gasteiger partial charge in [-0.25, -0.2) is 4.79 Å². The summed E-state index contributed by atoms with van der Waals surface area (Å²) in [5.74, 6) is -0.593. The Balaban J connectivity index is 2.88. The zero-order valence-corrected chi connectivity index (χ0v) is 8.74. The zero-order valence-electron chi connectivity index (χ0n) is 8.74. The number of hydrogen-bond donors (Lipinski definition) is 4. The molecule has 7 nitrogen and oxygen atoms in total. The third-order valence-corrected chi connectivity index (χ3v) is 2.05. The first-order valence-corrected chi connectivity index (χ1v) is 4.82. The molecule has 0 radical (unpaired) electrons. The van der Waals surface area contributed by atoms with Crippen molar-refractivity contribution in [2.45, 2.75) is 19.4 Å². The van der Waals surface area contributed by atoms with Gasteiger partial charge in [-0.1, -0.05) is 6.92 Å². The number of amides is 1. The number of aliphatic hydroxyl groups is 1. The van der Waals surface area contributed by atoms with Gasteiger partial charge in [0.25, 0.3) is 11.5 Å². The molecule has 0 aliphatic rings. The van der Waals surface area contributed by atoms with Crippen molar-refractivity contribution in [3.8, 4) is 0 Å². The monoisotopic (exact) mass is 227 g/mol. The molecule has 0 aliphatic heterocycles. The van der Waals surface area contributed by atoms with Crippen LogP contribution in [0.3, 0.4) is 0 Å². The van der Waals surface area contributed by atoms with E-state index in [4.69, 9.17) is 5.11 Å². The molecule has 0 saturated carbocycles. The van der Waals surface area contributed by atoms with Crippen molar-refractivity contribution < 1.29 is 9.90 Å². The third kappa shape index (κ3) is 3.06. The third-order valence-electron chi connectivity index (χ3n) is 2.05. The molecule has 1 amide bonds. The topological polar surface area (TPSA) is 115 Å². The summed E-state index contributed by atoms with van der Waals surface area (Å²) in [6.07, 6.45) is 0.551. The minimum absolute atomic E-state index is 0.124. The maximum atomic E-state index is 11.5. The molecule has 0 bridgehead atoms. The molecule has 1 aromatic heterocycles. The smallest absolute Gasteiger partial charge is 0.326 e. The maximum Gasteiger partial charge on any atom is 0.326 e. The predicted octanol–water partition coefficient (Wildman–Crippen LogP) is -1.44. The van der Waals surface area contributed by atoms with Crippen LogP contribution in [-0.2, 0) is 0 Å². The van der Waals surface area contributed by atoms with Crippen molar-refractivity contribution in [2.24, 2.45) is 0 Å². The van der Waals surface area contributed by atoms with E-state index in [0.717, 1.165) is 6.07 Å². The van der Waals surface area contributed by atoms with Crippen molar-refractivity contribution in [1.82, 2.24) is 15.3 Å². The highest BCUT2D eigenvalue weighted by molar-refractivity contribution is 5.92. The molecule has 1 unspecified atom stereocenters. The molecule has 1 rings (SSSR count). The van der Waals surface area contributed by atoms with E-state index in [-0.39, 0.29) is 12.3 Å². The Bertz CT molecular complexity index is 444. The normalized spacial score (nSPS) is 12.1. The van der Waals surface area contributed by atoms with Gasteiger partial charge in [0.05, 0.1) is 12.6 Å². The first-order valence-electron chi connectivity index (χ1n) is 4.82. The maximum absolute atomic E-state index is 11.5. The Morgan fingerprint density at radius 2 is 2.19 bits per heavy atom. The van der Waals surface area contributed by atoms with Crippen molar-refractivity contribution in [1.29, 1.82) is 0 Å². The van der Waals surface area contributed by atoms with E-state index >= 15 is 0 Å². The minimum atomic E-state index is -0.741. The van der Waals surface area contributed by atoms with Gasteiger partial charge < -0.3 is 15.4 Å². The van der Waals surface area contributed by atoms with Crippen molar-refractivity contribution in [3.63, 3.8) is 0 Å². The van der Waals surface area contributed by atoms with Gasteiger partial charge in [-0.05, 0) is 6.42 Å². The van der Waals surface area contributed by atoms with E-state index in [1.165, 1.54) is 0 Å². The van der Waals surface area contributed by atoms with Gasteiger partial charge >= 0.3 is 5.69 Å². The van der Waals surface area contributed by atoms with Gasteiger partial charge in [0.2, 0.25) is 0 Å². The van der Waals surface area contributed by atoms with Crippen molar-refractivity contribution in [2.75, 3.05) is 6.61 Å². The van der Waals surface area contributed by atoms with E-state index in [2.05, 4.69) is 10.3 Å². The van der Waals surface area contributed by atoms with Crippen LogP contribution >= 0.6 is 0 Å². The van der Waals surface area contributed by atoms with Crippen molar-refractivity contribution in [3.05, 3.63) is 32.6 Å². The van der Waals surface area contributed by atoms with E-state index in [1.807, 2.05) is 4.98 Å². The number of nitrogens with one attached hydrogen (secondary N) is 3. The first-order chi connectivity index (χ1) is 7.56. The lowest BCUT2D eigenvalue weighted by molar-refractivity contribution is 0.0909. The van der Waals surface area contributed by atoms with Crippen LogP contribution in [0.15, 0.2) is 15.7 Å².